The number of hydrogen-bond donors (Lipinski definition) is 0. The van der Waals surface area contributed by atoms with E-state index in [4.69, 9.17) is 23.7 Å². The highest BCUT2D eigenvalue weighted by Crippen LogP contribution is 2.39. The minimum absolute atomic E-state index is 0.606. The van der Waals surface area contributed by atoms with E-state index in [1.165, 1.54) is 57.8 Å². The summed E-state index contributed by atoms with van der Waals surface area (Å²) in [7, 11) is 0. The zero-order valence-electron chi connectivity index (χ0n) is 24.0. The molecule has 4 aliphatic heterocycles. The largest absolute Gasteiger partial charge is 0.381 e. The van der Waals surface area contributed by atoms with Crippen molar-refractivity contribution in [2.24, 2.45) is 53.3 Å². The Bertz CT molecular complexity index is 641. The second kappa shape index (κ2) is 16.0. The Morgan fingerprint density at radius 3 is 1.86 bits per heavy atom. The first-order valence-corrected chi connectivity index (χ1v) is 15.6. The maximum absolute atomic E-state index is 6.16. The standard InChI is InChI=1S/C32H56O5/c1-4-10-33-15-24(3)6-7-29-20-36-21-30(29)8-9-31-22-37-23-32(31)14-28-13-27(18-35-19-28)12-26-11-25(5-2)16-34-17-26/h4,24-32H,1,5-23H2,2-3H3/t24-,25-,26+,27-,28-,29+,30+,31-,32+/m0/s1. The quantitative estimate of drug-likeness (QED) is 0.185. The molecule has 0 aliphatic carbocycles. The van der Waals surface area contributed by atoms with Crippen molar-refractivity contribution in [2.45, 2.75) is 71.6 Å². The number of hydrogen-bond acceptors (Lipinski definition) is 5. The number of ether oxygens (including phenoxy) is 5. The van der Waals surface area contributed by atoms with E-state index in [1.807, 2.05) is 6.08 Å². The van der Waals surface area contributed by atoms with Gasteiger partial charge in [0.25, 0.3) is 0 Å². The molecule has 0 saturated carbocycles. The molecule has 0 aromatic carbocycles. The molecule has 4 rings (SSSR count). The second-order valence-electron chi connectivity index (χ2n) is 13.1. The second-order valence-corrected chi connectivity index (χ2v) is 13.1. The van der Waals surface area contributed by atoms with Crippen LogP contribution in [0.5, 0.6) is 0 Å². The van der Waals surface area contributed by atoms with Gasteiger partial charge in [-0.25, -0.2) is 0 Å². The molecule has 0 aromatic heterocycles. The molecule has 0 aromatic rings. The first-order valence-electron chi connectivity index (χ1n) is 15.6. The fourth-order valence-corrected chi connectivity index (χ4v) is 7.56. The molecule has 214 valence electrons. The molecular formula is C32H56O5. The van der Waals surface area contributed by atoms with Gasteiger partial charge in [0.05, 0.1) is 6.61 Å². The summed E-state index contributed by atoms with van der Waals surface area (Å²) in [6.07, 6.45) is 13.4. The lowest BCUT2D eigenvalue weighted by Crippen LogP contribution is -2.32. The fourth-order valence-electron chi connectivity index (χ4n) is 7.56. The molecule has 4 aliphatic rings. The summed E-state index contributed by atoms with van der Waals surface area (Å²) in [5.41, 5.74) is 0. The van der Waals surface area contributed by atoms with Crippen molar-refractivity contribution in [1.29, 1.82) is 0 Å². The van der Waals surface area contributed by atoms with Gasteiger partial charge >= 0.3 is 0 Å². The molecule has 0 amide bonds. The van der Waals surface area contributed by atoms with Crippen LogP contribution in [0.25, 0.3) is 0 Å². The smallest absolute Gasteiger partial charge is 0.0644 e. The van der Waals surface area contributed by atoms with Gasteiger partial charge in [0.2, 0.25) is 0 Å². The number of rotatable bonds is 15. The highest BCUT2D eigenvalue weighted by atomic mass is 16.5. The van der Waals surface area contributed by atoms with Crippen molar-refractivity contribution >= 4 is 0 Å². The lowest BCUT2D eigenvalue weighted by molar-refractivity contribution is -0.0291. The average molecular weight is 521 g/mol. The first kappa shape index (κ1) is 29.5. The summed E-state index contributed by atoms with van der Waals surface area (Å²) in [6, 6.07) is 0. The van der Waals surface area contributed by atoms with Crippen molar-refractivity contribution in [3.8, 4) is 0 Å². The SMILES string of the molecule is C=CCOC[C@@H](C)CC[C@@H]1COC[C@H]1CC[C@H]1COC[C@H]1C[C@H]1COC[C@@H](C[C@@H]2COC[C@@H](CC)C2)C1. The molecule has 0 radical (unpaired) electrons. The Kier molecular flexibility index (Phi) is 12.7. The van der Waals surface area contributed by atoms with Crippen LogP contribution in [0.2, 0.25) is 0 Å². The van der Waals surface area contributed by atoms with Crippen LogP contribution in [0.15, 0.2) is 12.7 Å². The zero-order valence-corrected chi connectivity index (χ0v) is 24.0. The van der Waals surface area contributed by atoms with Crippen molar-refractivity contribution in [2.75, 3.05) is 66.1 Å². The molecular weight excluding hydrogens is 464 g/mol. The monoisotopic (exact) mass is 520 g/mol. The van der Waals surface area contributed by atoms with Gasteiger partial charge in [0, 0.05) is 59.5 Å². The van der Waals surface area contributed by atoms with E-state index in [1.54, 1.807) is 0 Å². The van der Waals surface area contributed by atoms with Crippen molar-refractivity contribution < 1.29 is 23.7 Å². The third kappa shape index (κ3) is 9.60. The van der Waals surface area contributed by atoms with Gasteiger partial charge in [-0.1, -0.05) is 26.3 Å². The van der Waals surface area contributed by atoms with Gasteiger partial charge < -0.3 is 23.7 Å². The van der Waals surface area contributed by atoms with E-state index in [0.717, 1.165) is 77.2 Å². The fraction of sp³-hybridized carbons (Fsp3) is 0.938. The Morgan fingerprint density at radius 1 is 0.703 bits per heavy atom. The van der Waals surface area contributed by atoms with Gasteiger partial charge in [0.15, 0.2) is 0 Å². The molecule has 37 heavy (non-hydrogen) atoms. The minimum atomic E-state index is 0.606. The van der Waals surface area contributed by atoms with E-state index >= 15 is 0 Å². The topological polar surface area (TPSA) is 46.2 Å². The van der Waals surface area contributed by atoms with Crippen LogP contribution in [0.4, 0.5) is 0 Å². The van der Waals surface area contributed by atoms with Crippen LogP contribution in [0.1, 0.15) is 71.6 Å². The van der Waals surface area contributed by atoms with Crippen LogP contribution in [-0.2, 0) is 23.7 Å². The van der Waals surface area contributed by atoms with Crippen LogP contribution in [0, 0.1) is 53.3 Å². The third-order valence-electron chi connectivity index (χ3n) is 9.87. The Morgan fingerprint density at radius 2 is 1.22 bits per heavy atom. The van der Waals surface area contributed by atoms with Gasteiger partial charge in [-0.05, 0) is 105 Å². The van der Waals surface area contributed by atoms with Crippen molar-refractivity contribution in [1.82, 2.24) is 0 Å². The molecule has 0 spiro atoms. The van der Waals surface area contributed by atoms with Crippen molar-refractivity contribution in [3.63, 3.8) is 0 Å². The van der Waals surface area contributed by atoms with Gasteiger partial charge in [0.1, 0.15) is 0 Å². The average Bonchev–Trinajstić information content (AvgIpc) is 3.55. The molecule has 5 nitrogen and oxygen atoms in total. The summed E-state index contributed by atoms with van der Waals surface area (Å²) in [5, 5.41) is 0. The highest BCUT2D eigenvalue weighted by molar-refractivity contribution is 4.84. The van der Waals surface area contributed by atoms with Crippen molar-refractivity contribution in [3.05, 3.63) is 12.7 Å². The van der Waals surface area contributed by atoms with Gasteiger partial charge in [-0.15, -0.1) is 6.58 Å². The van der Waals surface area contributed by atoms with Gasteiger partial charge in [-0.3, -0.25) is 0 Å². The first-order chi connectivity index (χ1) is 18.1. The predicted octanol–water partition coefficient (Wildman–Crippen LogP) is 6.41. The summed E-state index contributed by atoms with van der Waals surface area (Å²) < 4.78 is 29.7. The van der Waals surface area contributed by atoms with E-state index in [0.29, 0.717) is 42.1 Å². The maximum Gasteiger partial charge on any atom is 0.0644 e. The normalized spacial score (nSPS) is 37.6. The predicted molar refractivity (Wildman–Crippen MR) is 149 cm³/mol. The zero-order chi connectivity index (χ0) is 25.9. The molecule has 9 atom stereocenters. The molecule has 0 bridgehead atoms. The van der Waals surface area contributed by atoms with Crippen LogP contribution < -0.4 is 0 Å². The Labute approximate surface area is 227 Å². The maximum atomic E-state index is 6.16. The van der Waals surface area contributed by atoms with Crippen LogP contribution >= 0.6 is 0 Å². The molecule has 4 heterocycles. The van der Waals surface area contributed by atoms with Crippen LogP contribution in [0.3, 0.4) is 0 Å². The minimum Gasteiger partial charge on any atom is -0.381 e. The Hall–Kier alpha value is -0.460. The van der Waals surface area contributed by atoms with E-state index in [9.17, 15) is 0 Å². The molecule has 0 N–H and O–H groups in total. The summed E-state index contributed by atoms with van der Waals surface area (Å²) in [4.78, 5) is 0. The van der Waals surface area contributed by atoms with E-state index in [-0.39, 0.29) is 0 Å². The van der Waals surface area contributed by atoms with Gasteiger partial charge in [-0.2, -0.15) is 0 Å². The molecule has 4 saturated heterocycles. The lowest BCUT2D eigenvalue weighted by Gasteiger charge is -2.36. The summed E-state index contributed by atoms with van der Waals surface area (Å²) in [6.45, 7) is 17.5. The lowest BCUT2D eigenvalue weighted by atomic mass is 9.76. The summed E-state index contributed by atoms with van der Waals surface area (Å²) >= 11 is 0. The molecule has 4 fully saturated rings. The van der Waals surface area contributed by atoms with Crippen LogP contribution in [-0.4, -0.2) is 66.1 Å². The Balaban J connectivity index is 1.16. The summed E-state index contributed by atoms with van der Waals surface area (Å²) in [5.74, 6) is 6.37. The molecule has 5 heteroatoms. The highest BCUT2D eigenvalue weighted by Gasteiger charge is 2.35. The molecule has 0 unspecified atom stereocenters. The van der Waals surface area contributed by atoms with E-state index < -0.39 is 0 Å². The third-order valence-corrected chi connectivity index (χ3v) is 9.87. The van der Waals surface area contributed by atoms with E-state index in [2.05, 4.69) is 20.4 Å².